The van der Waals surface area contributed by atoms with Crippen molar-refractivity contribution in [1.29, 1.82) is 0 Å². The Morgan fingerprint density at radius 3 is 2.21 bits per heavy atom. The quantitative estimate of drug-likeness (QED) is 0.225. The summed E-state index contributed by atoms with van der Waals surface area (Å²) in [4.78, 5) is 0. The summed E-state index contributed by atoms with van der Waals surface area (Å²) >= 11 is 0. The van der Waals surface area contributed by atoms with Crippen molar-refractivity contribution in [3.63, 3.8) is 0 Å². The van der Waals surface area contributed by atoms with Gasteiger partial charge >= 0.3 is 0 Å². The lowest BCUT2D eigenvalue weighted by atomic mass is 10.4. The van der Waals surface area contributed by atoms with Gasteiger partial charge in [0.25, 0.3) is 0 Å². The summed E-state index contributed by atoms with van der Waals surface area (Å²) in [5, 5.41) is 0. The molecule has 1 atom stereocenters. The van der Waals surface area contributed by atoms with E-state index in [0.29, 0.717) is 6.10 Å². The molecule has 1 aliphatic heterocycles. The normalized spacial score (nSPS) is 19.4. The van der Waals surface area contributed by atoms with Gasteiger partial charge < -0.3 is 18.9 Å². The van der Waals surface area contributed by atoms with Gasteiger partial charge in [-0.15, -0.1) is 0 Å². The first kappa shape index (κ1) is 17.1. The number of epoxide rings is 1. The van der Waals surface area contributed by atoms with Crippen LogP contribution >= 0.6 is 0 Å². The minimum atomic E-state index is -0.457. The lowest BCUT2D eigenvalue weighted by Crippen LogP contribution is -2.42. The maximum Gasteiger partial charge on any atom is 0.144 e. The fourth-order valence-electron chi connectivity index (χ4n) is 1.97. The van der Waals surface area contributed by atoms with E-state index in [1.54, 1.807) is 0 Å². The molecule has 0 aliphatic carbocycles. The molecule has 1 rings (SSSR count). The highest BCUT2D eigenvalue weighted by atomic mass is 28.2. The van der Waals surface area contributed by atoms with Crippen molar-refractivity contribution < 1.29 is 18.9 Å². The predicted octanol–water partition coefficient (Wildman–Crippen LogP) is 1.91. The second-order valence-corrected chi connectivity index (χ2v) is 7.38. The van der Waals surface area contributed by atoms with Crippen LogP contribution in [0.4, 0.5) is 0 Å². The van der Waals surface area contributed by atoms with Gasteiger partial charge in [0.05, 0.1) is 22.7 Å². The molecule has 0 aromatic carbocycles. The van der Waals surface area contributed by atoms with Crippen LogP contribution < -0.4 is 0 Å². The molecule has 1 unspecified atom stereocenters. The Morgan fingerprint density at radius 2 is 1.74 bits per heavy atom. The van der Waals surface area contributed by atoms with Crippen molar-refractivity contribution in [2.45, 2.75) is 57.6 Å². The van der Waals surface area contributed by atoms with E-state index in [0.717, 1.165) is 58.3 Å². The summed E-state index contributed by atoms with van der Waals surface area (Å²) in [5.74, 6) is 0. The van der Waals surface area contributed by atoms with Crippen LogP contribution in [-0.4, -0.2) is 54.1 Å². The summed E-state index contributed by atoms with van der Waals surface area (Å²) in [6, 6.07) is 1.11. The Bertz CT molecular complexity index is 213. The molecule has 0 N–H and O–H groups in total. The largest absolute Gasteiger partial charge is 0.379 e. The summed E-state index contributed by atoms with van der Waals surface area (Å²) in [6.07, 6.45) is 3.40. The van der Waals surface area contributed by atoms with Crippen LogP contribution in [0.25, 0.3) is 0 Å². The van der Waals surface area contributed by atoms with E-state index in [-0.39, 0.29) is 5.41 Å². The Morgan fingerprint density at radius 1 is 1.11 bits per heavy atom. The monoisotopic (exact) mass is 290 g/mol. The minimum Gasteiger partial charge on any atom is -0.379 e. The lowest BCUT2D eigenvalue weighted by molar-refractivity contribution is -0.182. The van der Waals surface area contributed by atoms with E-state index in [9.17, 15) is 0 Å². The predicted molar refractivity (Wildman–Crippen MR) is 79.4 cm³/mol. The van der Waals surface area contributed by atoms with Crippen LogP contribution in [0.1, 0.15) is 40.0 Å². The topological polar surface area (TPSA) is 40.2 Å². The zero-order valence-corrected chi connectivity index (χ0v) is 14.2. The smallest absolute Gasteiger partial charge is 0.144 e. The molecule has 114 valence electrons. The number of ether oxygens (including phenoxy) is 4. The summed E-state index contributed by atoms with van der Waals surface area (Å²) in [7, 11) is -0.457. The van der Waals surface area contributed by atoms with Crippen molar-refractivity contribution in [3.05, 3.63) is 0 Å². The molecular formula is C14H30O4Si. The van der Waals surface area contributed by atoms with E-state index in [4.69, 9.17) is 18.9 Å². The molecule has 19 heavy (non-hydrogen) atoms. The lowest BCUT2D eigenvalue weighted by Gasteiger charge is -2.33. The highest BCUT2D eigenvalue weighted by molar-refractivity contribution is 6.39. The molecule has 0 saturated carbocycles. The molecule has 1 heterocycles. The first-order valence-corrected chi connectivity index (χ1v) is 9.44. The van der Waals surface area contributed by atoms with E-state index in [1.807, 2.05) is 0 Å². The Labute approximate surface area is 120 Å². The molecule has 0 spiro atoms. The van der Waals surface area contributed by atoms with E-state index in [2.05, 4.69) is 20.8 Å². The average Bonchev–Trinajstić information content (AvgIpc) is 3.25. The Kier molecular flexibility index (Phi) is 8.90. The molecule has 1 saturated heterocycles. The van der Waals surface area contributed by atoms with Gasteiger partial charge in [-0.05, 0) is 25.3 Å². The highest BCUT2D eigenvalue weighted by Gasteiger charge is 2.29. The maximum atomic E-state index is 6.03. The number of rotatable bonds is 13. The van der Waals surface area contributed by atoms with E-state index < -0.39 is 9.52 Å². The van der Waals surface area contributed by atoms with Gasteiger partial charge in [0.2, 0.25) is 0 Å². The van der Waals surface area contributed by atoms with Crippen molar-refractivity contribution >= 4 is 9.52 Å². The van der Waals surface area contributed by atoms with Crippen LogP contribution in [0.15, 0.2) is 0 Å². The minimum absolute atomic E-state index is 0.272. The van der Waals surface area contributed by atoms with Crippen LogP contribution in [0.5, 0.6) is 0 Å². The van der Waals surface area contributed by atoms with Crippen LogP contribution in [0.3, 0.4) is 0 Å². The fraction of sp³-hybridized carbons (Fsp3) is 1.00. The zero-order valence-electron chi connectivity index (χ0n) is 12.8. The summed E-state index contributed by atoms with van der Waals surface area (Å²) < 4.78 is 22.8. The van der Waals surface area contributed by atoms with Crippen LogP contribution in [0, 0.1) is 0 Å². The summed E-state index contributed by atoms with van der Waals surface area (Å²) in [5.41, 5.74) is -0.272. The van der Waals surface area contributed by atoms with Gasteiger partial charge in [0.1, 0.15) is 11.5 Å². The molecular weight excluding hydrogens is 260 g/mol. The number of hydrogen-bond acceptors (Lipinski definition) is 4. The SMILES string of the molecule is CCCOC(CC)(OCCC)[SiH2]CCOCC1CO1. The van der Waals surface area contributed by atoms with E-state index >= 15 is 0 Å². The highest BCUT2D eigenvalue weighted by Crippen LogP contribution is 2.19. The van der Waals surface area contributed by atoms with Gasteiger partial charge in [-0.2, -0.15) is 0 Å². The molecule has 0 amide bonds. The fourth-order valence-corrected chi connectivity index (χ4v) is 3.78. The van der Waals surface area contributed by atoms with Crippen molar-refractivity contribution in [2.75, 3.05) is 33.0 Å². The van der Waals surface area contributed by atoms with Gasteiger partial charge in [-0.1, -0.05) is 20.8 Å². The van der Waals surface area contributed by atoms with Gasteiger partial charge in [-0.3, -0.25) is 0 Å². The first-order valence-electron chi connectivity index (χ1n) is 7.73. The van der Waals surface area contributed by atoms with Crippen LogP contribution in [-0.2, 0) is 18.9 Å². The third-order valence-corrected chi connectivity index (χ3v) is 5.54. The molecule has 0 bridgehead atoms. The van der Waals surface area contributed by atoms with Crippen LogP contribution in [0.2, 0.25) is 6.04 Å². The van der Waals surface area contributed by atoms with Crippen molar-refractivity contribution in [2.24, 2.45) is 0 Å². The molecule has 5 heteroatoms. The van der Waals surface area contributed by atoms with E-state index in [1.165, 1.54) is 0 Å². The van der Waals surface area contributed by atoms with Crippen molar-refractivity contribution in [3.8, 4) is 0 Å². The molecule has 0 aromatic heterocycles. The Balaban J connectivity index is 2.23. The summed E-state index contributed by atoms with van der Waals surface area (Å²) in [6.45, 7) is 10.5. The number of hydrogen-bond donors (Lipinski definition) is 0. The van der Waals surface area contributed by atoms with Gasteiger partial charge in [0.15, 0.2) is 0 Å². The Hall–Kier alpha value is 0.0569. The molecule has 0 aromatic rings. The second kappa shape index (κ2) is 9.88. The first-order chi connectivity index (χ1) is 9.26. The second-order valence-electron chi connectivity index (χ2n) is 5.09. The molecule has 4 nitrogen and oxygen atoms in total. The standard InChI is InChI=1S/C14H30O4Si/c1-4-7-17-14(6-3,18-8-5-2)19-10-9-15-11-13-12-16-13/h13H,4-12,19H2,1-3H3. The van der Waals surface area contributed by atoms with Gasteiger partial charge in [0, 0.05) is 19.8 Å². The van der Waals surface area contributed by atoms with Gasteiger partial charge in [-0.25, -0.2) is 0 Å². The van der Waals surface area contributed by atoms with Crippen molar-refractivity contribution in [1.82, 2.24) is 0 Å². The maximum absolute atomic E-state index is 6.03. The average molecular weight is 290 g/mol. The molecule has 1 fully saturated rings. The third kappa shape index (κ3) is 7.42. The molecule has 0 radical (unpaired) electrons. The third-order valence-electron chi connectivity index (χ3n) is 3.23. The molecule has 1 aliphatic rings. The zero-order chi connectivity index (χ0) is 14.0.